The average Bonchev–Trinajstić information content (AvgIpc) is 2.65. The zero-order chi connectivity index (χ0) is 19.0. The van der Waals surface area contributed by atoms with Crippen LogP contribution in [0.1, 0.15) is 11.1 Å². The van der Waals surface area contributed by atoms with E-state index in [0.717, 1.165) is 22.1 Å². The molecule has 0 N–H and O–H groups in total. The predicted octanol–water partition coefficient (Wildman–Crippen LogP) is 3.35. The van der Waals surface area contributed by atoms with E-state index in [4.69, 9.17) is 9.47 Å². The molecule has 26 heavy (non-hydrogen) atoms. The zero-order valence-electron chi connectivity index (χ0n) is 15.7. The first kappa shape index (κ1) is 18.3. The molecule has 3 rings (SSSR count). The second kappa shape index (κ2) is 6.99. The highest BCUT2D eigenvalue weighted by molar-refractivity contribution is 7.98. The number of fused-ring (bicyclic) bond motifs is 1. The first-order valence-electron chi connectivity index (χ1n) is 8.06. The maximum Gasteiger partial charge on any atom is 0.259 e. The van der Waals surface area contributed by atoms with Crippen molar-refractivity contribution < 1.29 is 9.47 Å². The summed E-state index contributed by atoms with van der Waals surface area (Å²) in [5.41, 5.74) is 3.67. The number of nitrogens with zero attached hydrogens (tertiary/aromatic N) is 3. The van der Waals surface area contributed by atoms with E-state index in [-0.39, 0.29) is 5.56 Å². The largest absolute Gasteiger partial charge is 0.496 e. The molecule has 0 fully saturated rings. The molecule has 0 amide bonds. The minimum atomic E-state index is -0.121. The molecule has 0 aliphatic rings. The van der Waals surface area contributed by atoms with Crippen LogP contribution in [0.15, 0.2) is 28.3 Å². The standard InChI is InChI=1S/C19H21N3O3S/c1-10-14(24-4)8-15(25-5)11(2)16(10)13-7-12-9-20-19(26-6)21-17(12)22(3)18(13)23/h7-9H,1-6H3. The molecule has 0 atom stereocenters. The van der Waals surface area contributed by atoms with Gasteiger partial charge in [-0.2, -0.15) is 0 Å². The highest BCUT2D eigenvalue weighted by Gasteiger charge is 2.19. The molecule has 0 saturated carbocycles. The number of methoxy groups -OCH3 is 2. The van der Waals surface area contributed by atoms with Crippen molar-refractivity contribution in [2.75, 3.05) is 20.5 Å². The average molecular weight is 371 g/mol. The summed E-state index contributed by atoms with van der Waals surface area (Å²) in [6.07, 6.45) is 3.65. The molecule has 0 aliphatic carbocycles. The van der Waals surface area contributed by atoms with Crippen molar-refractivity contribution in [3.8, 4) is 22.6 Å². The minimum Gasteiger partial charge on any atom is -0.496 e. The fourth-order valence-electron chi connectivity index (χ4n) is 3.20. The van der Waals surface area contributed by atoms with Crippen LogP contribution in [0.2, 0.25) is 0 Å². The van der Waals surface area contributed by atoms with Crippen molar-refractivity contribution in [3.63, 3.8) is 0 Å². The number of aromatic nitrogens is 3. The molecule has 0 unspecified atom stereocenters. The highest BCUT2D eigenvalue weighted by Crippen LogP contribution is 2.38. The molecule has 2 heterocycles. The Bertz CT molecular complexity index is 1030. The Morgan fingerprint density at radius 3 is 2.23 bits per heavy atom. The third-order valence-corrected chi connectivity index (χ3v) is 5.13. The molecule has 3 aromatic rings. The van der Waals surface area contributed by atoms with Crippen LogP contribution in [-0.4, -0.2) is 35.0 Å². The van der Waals surface area contributed by atoms with Gasteiger partial charge >= 0.3 is 0 Å². The normalized spacial score (nSPS) is 11.0. The molecule has 0 saturated heterocycles. The highest BCUT2D eigenvalue weighted by atomic mass is 32.2. The SMILES string of the molecule is COc1cc(OC)c(C)c(-c2cc3cnc(SC)nc3n(C)c2=O)c1C. The Hall–Kier alpha value is -2.54. The third-order valence-electron chi connectivity index (χ3n) is 4.57. The molecule has 2 aromatic heterocycles. The Labute approximate surface area is 156 Å². The maximum absolute atomic E-state index is 13.1. The van der Waals surface area contributed by atoms with E-state index in [1.165, 1.54) is 11.8 Å². The van der Waals surface area contributed by atoms with Crippen molar-refractivity contribution in [2.45, 2.75) is 19.0 Å². The fourth-order valence-corrected chi connectivity index (χ4v) is 3.54. The van der Waals surface area contributed by atoms with Crippen LogP contribution in [0.25, 0.3) is 22.2 Å². The van der Waals surface area contributed by atoms with Crippen LogP contribution in [0.3, 0.4) is 0 Å². The number of hydrogen-bond acceptors (Lipinski definition) is 6. The van der Waals surface area contributed by atoms with Gasteiger partial charge in [-0.1, -0.05) is 11.8 Å². The first-order chi connectivity index (χ1) is 12.4. The van der Waals surface area contributed by atoms with Gasteiger partial charge in [0.2, 0.25) is 0 Å². The van der Waals surface area contributed by atoms with Crippen LogP contribution in [0.4, 0.5) is 0 Å². The van der Waals surface area contributed by atoms with Crippen LogP contribution >= 0.6 is 11.8 Å². The van der Waals surface area contributed by atoms with E-state index in [1.54, 1.807) is 32.0 Å². The van der Waals surface area contributed by atoms with E-state index in [0.29, 0.717) is 27.9 Å². The Morgan fingerprint density at radius 2 is 1.69 bits per heavy atom. The summed E-state index contributed by atoms with van der Waals surface area (Å²) in [5.74, 6) is 1.36. The lowest BCUT2D eigenvalue weighted by molar-refractivity contribution is 0.391. The van der Waals surface area contributed by atoms with Gasteiger partial charge in [-0.15, -0.1) is 0 Å². The molecule has 6 nitrogen and oxygen atoms in total. The lowest BCUT2D eigenvalue weighted by Crippen LogP contribution is -2.20. The number of benzene rings is 1. The Morgan fingerprint density at radius 1 is 1.08 bits per heavy atom. The number of rotatable bonds is 4. The molecular formula is C19H21N3O3S. The van der Waals surface area contributed by atoms with Crippen molar-refractivity contribution in [2.24, 2.45) is 7.05 Å². The van der Waals surface area contributed by atoms with Gasteiger partial charge in [0.05, 0.1) is 14.2 Å². The summed E-state index contributed by atoms with van der Waals surface area (Å²) in [5, 5.41) is 1.44. The molecule has 1 aromatic carbocycles. The topological polar surface area (TPSA) is 66.2 Å². The number of pyridine rings is 1. The third kappa shape index (κ3) is 2.82. The minimum absolute atomic E-state index is 0.121. The van der Waals surface area contributed by atoms with Gasteiger partial charge < -0.3 is 9.47 Å². The summed E-state index contributed by atoms with van der Waals surface area (Å²) in [6, 6.07) is 3.68. The molecule has 136 valence electrons. The second-order valence-electron chi connectivity index (χ2n) is 5.96. The molecule has 0 spiro atoms. The molecule has 0 radical (unpaired) electrons. The quantitative estimate of drug-likeness (QED) is 0.518. The second-order valence-corrected chi connectivity index (χ2v) is 6.74. The molecule has 0 aliphatic heterocycles. The number of aryl methyl sites for hydroxylation is 1. The summed E-state index contributed by atoms with van der Waals surface area (Å²) in [4.78, 5) is 21.9. The van der Waals surface area contributed by atoms with Gasteiger partial charge in [-0.25, -0.2) is 9.97 Å². The smallest absolute Gasteiger partial charge is 0.259 e. The van der Waals surface area contributed by atoms with Crippen molar-refractivity contribution >= 4 is 22.8 Å². The predicted molar refractivity (Wildman–Crippen MR) is 105 cm³/mol. The summed E-state index contributed by atoms with van der Waals surface area (Å²) in [7, 11) is 4.95. The zero-order valence-corrected chi connectivity index (χ0v) is 16.5. The fraction of sp³-hybridized carbons (Fsp3) is 0.316. The van der Waals surface area contributed by atoms with Crippen molar-refractivity contribution in [1.29, 1.82) is 0 Å². The summed E-state index contributed by atoms with van der Waals surface area (Å²) >= 11 is 1.44. The van der Waals surface area contributed by atoms with Crippen LogP contribution in [0, 0.1) is 13.8 Å². The van der Waals surface area contributed by atoms with E-state index >= 15 is 0 Å². The van der Waals surface area contributed by atoms with Crippen molar-refractivity contribution in [1.82, 2.24) is 14.5 Å². The molecule has 7 heteroatoms. The van der Waals surface area contributed by atoms with E-state index < -0.39 is 0 Å². The Kier molecular flexibility index (Phi) is 4.91. The van der Waals surface area contributed by atoms with Crippen LogP contribution in [0.5, 0.6) is 11.5 Å². The number of thioether (sulfide) groups is 1. The summed E-state index contributed by atoms with van der Waals surface area (Å²) in [6.45, 7) is 3.88. The first-order valence-corrected chi connectivity index (χ1v) is 9.28. The molecular weight excluding hydrogens is 350 g/mol. The number of ether oxygens (including phenoxy) is 2. The van der Waals surface area contributed by atoms with E-state index in [1.807, 2.05) is 32.2 Å². The van der Waals surface area contributed by atoms with Crippen molar-refractivity contribution in [3.05, 3.63) is 39.8 Å². The van der Waals surface area contributed by atoms with Gasteiger partial charge in [-0.3, -0.25) is 9.36 Å². The van der Waals surface area contributed by atoms with Gasteiger partial charge in [0.15, 0.2) is 5.16 Å². The van der Waals surface area contributed by atoms with Gasteiger partial charge in [0.1, 0.15) is 17.1 Å². The monoisotopic (exact) mass is 371 g/mol. The molecule has 0 bridgehead atoms. The lowest BCUT2D eigenvalue weighted by Gasteiger charge is -2.18. The Balaban J connectivity index is 2.40. The van der Waals surface area contributed by atoms with Gasteiger partial charge in [-0.05, 0) is 37.3 Å². The van der Waals surface area contributed by atoms with Gasteiger partial charge in [0, 0.05) is 35.8 Å². The number of hydrogen-bond donors (Lipinski definition) is 0. The van der Waals surface area contributed by atoms with Crippen LogP contribution < -0.4 is 15.0 Å². The van der Waals surface area contributed by atoms with Crippen LogP contribution in [-0.2, 0) is 7.05 Å². The van der Waals surface area contributed by atoms with E-state index in [9.17, 15) is 4.79 Å². The summed E-state index contributed by atoms with van der Waals surface area (Å²) < 4.78 is 12.5. The van der Waals surface area contributed by atoms with Gasteiger partial charge in [0.25, 0.3) is 5.56 Å². The van der Waals surface area contributed by atoms with E-state index in [2.05, 4.69) is 9.97 Å². The maximum atomic E-state index is 13.1. The lowest BCUT2D eigenvalue weighted by atomic mass is 9.94.